The molecule has 0 bridgehead atoms. The van der Waals surface area contributed by atoms with Crippen molar-refractivity contribution >= 4 is 5.78 Å². The fraction of sp³-hybridized carbons (Fsp3) is 0.875. The van der Waals surface area contributed by atoms with E-state index >= 15 is 0 Å². The zero-order valence-electron chi connectivity index (χ0n) is 7.39. The Balaban J connectivity index is 2.10. The summed E-state index contributed by atoms with van der Waals surface area (Å²) in [6, 6.07) is 0. The van der Waals surface area contributed by atoms with Gasteiger partial charge in [0.15, 0.2) is 5.78 Å². The third kappa shape index (κ3) is 2.99. The number of likely N-dealkylation sites (tertiary alicyclic amines) is 1. The minimum absolute atomic E-state index is 0.0986. The number of rotatable bonds is 2. The summed E-state index contributed by atoms with van der Waals surface area (Å²) >= 11 is 0. The van der Waals surface area contributed by atoms with Crippen LogP contribution < -0.4 is 0 Å². The minimum Gasteiger partial charge on any atom is -0.360 e. The van der Waals surface area contributed by atoms with E-state index in [9.17, 15) is 4.79 Å². The molecule has 1 heterocycles. The molecule has 0 atom stereocenters. The van der Waals surface area contributed by atoms with Crippen molar-refractivity contribution in [2.75, 3.05) is 19.8 Å². The van der Waals surface area contributed by atoms with Gasteiger partial charge in [0.2, 0.25) is 0 Å². The highest BCUT2D eigenvalue weighted by molar-refractivity contribution is 5.87. The molecule has 0 N–H and O–H groups in total. The molecule has 1 fully saturated rings. The average Bonchev–Trinajstić information content (AvgIpc) is 1.75. The fourth-order valence-electron chi connectivity index (χ4n) is 0.829. The lowest BCUT2D eigenvalue weighted by Gasteiger charge is -2.31. The van der Waals surface area contributed by atoms with Crippen molar-refractivity contribution in [2.24, 2.45) is 0 Å². The highest BCUT2D eigenvalue weighted by Gasteiger charge is 2.24. The molecule has 0 unspecified atom stereocenters. The number of carbonyl (C=O) groups excluding carboxylic acids is 1. The van der Waals surface area contributed by atoms with Gasteiger partial charge in [-0.15, -0.1) is 0 Å². The highest BCUT2D eigenvalue weighted by Crippen LogP contribution is 2.09. The molecule has 0 spiro atoms. The van der Waals surface area contributed by atoms with Crippen molar-refractivity contribution < 1.29 is 9.53 Å². The second-order valence-corrected chi connectivity index (χ2v) is 3.91. The predicted octanol–water partition coefficient (Wildman–Crippen LogP) is 0.644. The Morgan fingerprint density at radius 2 is 2.00 bits per heavy atom. The first-order valence-electron chi connectivity index (χ1n) is 3.85. The van der Waals surface area contributed by atoms with Crippen molar-refractivity contribution in [1.29, 1.82) is 0 Å². The Morgan fingerprint density at radius 1 is 1.45 bits per heavy atom. The standard InChI is InChI=1S/C8H15NO2/c1-8(2,3)11-6-9-4-7(10)5-9/h4-6H2,1-3H3. The maximum Gasteiger partial charge on any atom is 0.160 e. The van der Waals surface area contributed by atoms with Crippen molar-refractivity contribution in [3.05, 3.63) is 0 Å². The molecular formula is C8H15NO2. The van der Waals surface area contributed by atoms with Crippen LogP contribution in [0.4, 0.5) is 0 Å². The second-order valence-electron chi connectivity index (χ2n) is 3.91. The molecule has 0 saturated carbocycles. The molecule has 0 aliphatic carbocycles. The molecule has 3 nitrogen and oxygen atoms in total. The molecule has 1 saturated heterocycles. The molecule has 0 aromatic carbocycles. The van der Waals surface area contributed by atoms with Crippen molar-refractivity contribution in [2.45, 2.75) is 26.4 Å². The molecule has 1 aliphatic heterocycles. The summed E-state index contributed by atoms with van der Waals surface area (Å²) in [6.45, 7) is 7.74. The van der Waals surface area contributed by atoms with Gasteiger partial charge in [-0.05, 0) is 20.8 Å². The van der Waals surface area contributed by atoms with Gasteiger partial charge in [-0.2, -0.15) is 0 Å². The maximum atomic E-state index is 10.5. The Kier molecular flexibility index (Phi) is 2.30. The monoisotopic (exact) mass is 157 g/mol. The molecule has 0 amide bonds. The second kappa shape index (κ2) is 2.91. The van der Waals surface area contributed by atoms with Crippen LogP contribution in [0.2, 0.25) is 0 Å². The van der Waals surface area contributed by atoms with E-state index in [1.54, 1.807) is 0 Å². The SMILES string of the molecule is CC(C)(C)OCN1CC(=O)C1. The van der Waals surface area contributed by atoms with E-state index in [2.05, 4.69) is 0 Å². The maximum absolute atomic E-state index is 10.5. The average molecular weight is 157 g/mol. The van der Waals surface area contributed by atoms with Crippen LogP contribution in [0, 0.1) is 0 Å². The minimum atomic E-state index is -0.0986. The quantitative estimate of drug-likeness (QED) is 0.589. The normalized spacial score (nSPS) is 20.1. The summed E-state index contributed by atoms with van der Waals surface area (Å²) in [7, 11) is 0. The van der Waals surface area contributed by atoms with Gasteiger partial charge in [-0.1, -0.05) is 0 Å². The summed E-state index contributed by atoms with van der Waals surface area (Å²) in [5.41, 5.74) is -0.0986. The van der Waals surface area contributed by atoms with Crippen LogP contribution >= 0.6 is 0 Å². The Labute approximate surface area is 67.3 Å². The number of nitrogens with zero attached hydrogens (tertiary/aromatic N) is 1. The summed E-state index contributed by atoms with van der Waals surface area (Å²) in [5.74, 6) is 0.308. The molecule has 1 aliphatic rings. The van der Waals surface area contributed by atoms with Crippen LogP contribution in [0.25, 0.3) is 0 Å². The van der Waals surface area contributed by atoms with Crippen LogP contribution in [0.3, 0.4) is 0 Å². The van der Waals surface area contributed by atoms with Crippen molar-refractivity contribution in [3.63, 3.8) is 0 Å². The summed E-state index contributed by atoms with van der Waals surface area (Å²) in [5, 5.41) is 0. The van der Waals surface area contributed by atoms with Crippen LogP contribution in [-0.4, -0.2) is 36.1 Å². The van der Waals surface area contributed by atoms with E-state index < -0.39 is 0 Å². The van der Waals surface area contributed by atoms with E-state index in [1.807, 2.05) is 25.7 Å². The largest absolute Gasteiger partial charge is 0.360 e. The van der Waals surface area contributed by atoms with E-state index in [0.717, 1.165) is 0 Å². The van der Waals surface area contributed by atoms with Gasteiger partial charge in [0.05, 0.1) is 18.7 Å². The lowest BCUT2D eigenvalue weighted by atomic mass is 10.2. The molecular weight excluding hydrogens is 142 g/mol. The first kappa shape index (κ1) is 8.68. The van der Waals surface area contributed by atoms with Crippen LogP contribution in [-0.2, 0) is 9.53 Å². The zero-order chi connectivity index (χ0) is 8.48. The van der Waals surface area contributed by atoms with Crippen molar-refractivity contribution in [3.8, 4) is 0 Å². The van der Waals surface area contributed by atoms with Gasteiger partial charge in [0.25, 0.3) is 0 Å². The lowest BCUT2D eigenvalue weighted by Crippen LogP contribution is -2.49. The van der Waals surface area contributed by atoms with Crippen LogP contribution in [0.15, 0.2) is 0 Å². The molecule has 11 heavy (non-hydrogen) atoms. The third-order valence-corrected chi connectivity index (χ3v) is 1.48. The predicted molar refractivity (Wildman–Crippen MR) is 42.3 cm³/mol. The first-order chi connectivity index (χ1) is 4.97. The van der Waals surface area contributed by atoms with E-state index in [1.165, 1.54) is 0 Å². The summed E-state index contributed by atoms with van der Waals surface area (Å²) in [6.07, 6.45) is 0. The fourth-order valence-corrected chi connectivity index (χ4v) is 0.829. The van der Waals surface area contributed by atoms with Crippen LogP contribution in [0.5, 0.6) is 0 Å². The van der Waals surface area contributed by atoms with E-state index in [4.69, 9.17) is 4.74 Å². The highest BCUT2D eigenvalue weighted by atomic mass is 16.5. The van der Waals surface area contributed by atoms with Gasteiger partial charge in [0.1, 0.15) is 6.73 Å². The molecule has 3 heteroatoms. The number of hydrogen-bond donors (Lipinski definition) is 0. The molecule has 1 rings (SSSR count). The molecule has 0 aromatic rings. The van der Waals surface area contributed by atoms with Crippen LogP contribution in [0.1, 0.15) is 20.8 Å². The van der Waals surface area contributed by atoms with E-state index in [0.29, 0.717) is 25.6 Å². The Bertz CT molecular complexity index is 152. The smallest absolute Gasteiger partial charge is 0.160 e. The van der Waals surface area contributed by atoms with Gasteiger partial charge >= 0.3 is 0 Å². The van der Waals surface area contributed by atoms with Gasteiger partial charge in [-0.25, -0.2) is 0 Å². The van der Waals surface area contributed by atoms with Gasteiger partial charge < -0.3 is 4.74 Å². The summed E-state index contributed by atoms with van der Waals surface area (Å²) < 4.78 is 5.46. The van der Waals surface area contributed by atoms with Gasteiger partial charge in [0, 0.05) is 0 Å². The number of Topliss-reactive ketones (excluding diaryl/α,β-unsaturated/α-hetero) is 1. The summed E-state index contributed by atoms with van der Waals surface area (Å²) in [4.78, 5) is 12.5. The Morgan fingerprint density at radius 3 is 2.36 bits per heavy atom. The Hall–Kier alpha value is -0.410. The first-order valence-corrected chi connectivity index (χ1v) is 3.85. The molecule has 64 valence electrons. The van der Waals surface area contributed by atoms with Gasteiger partial charge in [-0.3, -0.25) is 9.69 Å². The third-order valence-electron chi connectivity index (χ3n) is 1.48. The molecule has 0 aromatic heterocycles. The molecule has 0 radical (unpaired) electrons. The number of ketones is 1. The number of hydrogen-bond acceptors (Lipinski definition) is 3. The number of carbonyl (C=O) groups is 1. The van der Waals surface area contributed by atoms with Crippen molar-refractivity contribution in [1.82, 2.24) is 4.90 Å². The lowest BCUT2D eigenvalue weighted by molar-refractivity contribution is -0.139. The number of ether oxygens (including phenoxy) is 1. The topological polar surface area (TPSA) is 29.5 Å². The zero-order valence-corrected chi connectivity index (χ0v) is 7.39. The van der Waals surface area contributed by atoms with E-state index in [-0.39, 0.29) is 5.60 Å².